The minimum atomic E-state index is -2.00. The predicted octanol–water partition coefficient (Wildman–Crippen LogP) is -0.869. The minimum absolute atomic E-state index is 0.0756. The van der Waals surface area contributed by atoms with Crippen molar-refractivity contribution in [2.75, 3.05) is 0 Å². The Bertz CT molecular complexity index is 390. The van der Waals surface area contributed by atoms with E-state index < -0.39 is 41.8 Å². The van der Waals surface area contributed by atoms with Crippen molar-refractivity contribution in [3.63, 3.8) is 0 Å². The molecule has 17 heavy (non-hydrogen) atoms. The Morgan fingerprint density at radius 1 is 1.12 bits per heavy atom. The van der Waals surface area contributed by atoms with E-state index in [1.54, 1.807) is 0 Å². The molecule has 0 amide bonds. The van der Waals surface area contributed by atoms with E-state index in [9.17, 15) is 14.4 Å². The highest BCUT2D eigenvalue weighted by Crippen LogP contribution is 2.45. The van der Waals surface area contributed by atoms with Gasteiger partial charge in [-0.1, -0.05) is 0 Å². The summed E-state index contributed by atoms with van der Waals surface area (Å²) in [6.45, 7) is 0. The molecule has 2 aliphatic rings. The van der Waals surface area contributed by atoms with Gasteiger partial charge in [0.25, 0.3) is 0 Å². The molecule has 3 N–H and O–H groups in total. The Balaban J connectivity index is 2.45. The molecule has 0 aromatic heterocycles. The van der Waals surface area contributed by atoms with Crippen molar-refractivity contribution in [2.45, 2.75) is 30.8 Å². The average molecular weight is 246 g/mol. The maximum Gasteiger partial charge on any atom is 0.337 e. The Labute approximate surface area is 94.7 Å². The van der Waals surface area contributed by atoms with E-state index in [0.29, 0.717) is 0 Å². The van der Waals surface area contributed by atoms with E-state index in [2.05, 4.69) is 0 Å². The third kappa shape index (κ3) is 1.56. The average Bonchev–Trinajstić information content (AvgIpc) is 2.56. The van der Waals surface area contributed by atoms with Gasteiger partial charge < -0.3 is 24.8 Å². The molecule has 0 aromatic rings. The largest absolute Gasteiger partial charge is 0.481 e. The number of carboxylic acids is 3. The lowest BCUT2D eigenvalue weighted by Crippen LogP contribution is -2.60. The lowest BCUT2D eigenvalue weighted by Gasteiger charge is -2.38. The zero-order valence-corrected chi connectivity index (χ0v) is 8.53. The van der Waals surface area contributed by atoms with E-state index in [-0.39, 0.29) is 12.8 Å². The van der Waals surface area contributed by atoms with Crippen LogP contribution in [0, 0.1) is 5.92 Å². The molecule has 2 heterocycles. The second-order valence-electron chi connectivity index (χ2n) is 3.99. The summed E-state index contributed by atoms with van der Waals surface area (Å²) in [6.07, 6.45) is -2.58. The third-order valence-electron chi connectivity index (χ3n) is 3.07. The number of carbonyl (C=O) groups is 3. The van der Waals surface area contributed by atoms with Crippen LogP contribution in [-0.4, -0.2) is 51.2 Å². The SMILES string of the molecule is O=C(O)C1OC2CCC(C(=O)O)(O2)C1C(=O)O. The van der Waals surface area contributed by atoms with Gasteiger partial charge in [-0.05, 0) is 6.42 Å². The lowest BCUT2D eigenvalue weighted by molar-refractivity contribution is -0.271. The fraction of sp³-hybridized carbons (Fsp3) is 0.667. The van der Waals surface area contributed by atoms with Gasteiger partial charge in [0.05, 0.1) is 0 Å². The fourth-order valence-electron chi connectivity index (χ4n) is 2.32. The highest BCUT2D eigenvalue weighted by molar-refractivity contribution is 5.91. The van der Waals surface area contributed by atoms with E-state index in [0.717, 1.165) is 0 Å². The first kappa shape index (κ1) is 11.8. The van der Waals surface area contributed by atoms with E-state index in [1.165, 1.54) is 0 Å². The Hall–Kier alpha value is -1.67. The molecule has 0 saturated carbocycles. The number of aliphatic carboxylic acids is 3. The van der Waals surface area contributed by atoms with E-state index in [1.807, 2.05) is 0 Å². The van der Waals surface area contributed by atoms with Crippen LogP contribution < -0.4 is 0 Å². The maximum atomic E-state index is 11.2. The van der Waals surface area contributed by atoms with Crippen LogP contribution in [0.2, 0.25) is 0 Å². The molecule has 8 nitrogen and oxygen atoms in total. The van der Waals surface area contributed by atoms with Gasteiger partial charge in [-0.3, -0.25) is 4.79 Å². The minimum Gasteiger partial charge on any atom is -0.481 e. The number of carboxylic acid groups (broad SMARTS) is 3. The van der Waals surface area contributed by atoms with Gasteiger partial charge in [0, 0.05) is 6.42 Å². The molecule has 8 heteroatoms. The molecule has 2 fully saturated rings. The zero-order valence-electron chi connectivity index (χ0n) is 8.53. The van der Waals surface area contributed by atoms with Crippen LogP contribution in [0.25, 0.3) is 0 Å². The Morgan fingerprint density at radius 3 is 2.24 bits per heavy atom. The van der Waals surface area contributed by atoms with Crippen LogP contribution in [0.15, 0.2) is 0 Å². The van der Waals surface area contributed by atoms with Crippen LogP contribution in [-0.2, 0) is 23.9 Å². The van der Waals surface area contributed by atoms with Gasteiger partial charge in [-0.25, -0.2) is 9.59 Å². The van der Waals surface area contributed by atoms with E-state index >= 15 is 0 Å². The summed E-state index contributed by atoms with van der Waals surface area (Å²) in [5.41, 5.74) is -2.00. The summed E-state index contributed by atoms with van der Waals surface area (Å²) in [4.78, 5) is 33.2. The molecule has 4 atom stereocenters. The molecule has 0 aliphatic carbocycles. The van der Waals surface area contributed by atoms with Gasteiger partial charge in [0.15, 0.2) is 18.0 Å². The first-order valence-electron chi connectivity index (χ1n) is 4.91. The summed E-state index contributed by atoms with van der Waals surface area (Å²) >= 11 is 0. The van der Waals surface area contributed by atoms with Crippen LogP contribution in [0.1, 0.15) is 12.8 Å². The summed E-state index contributed by atoms with van der Waals surface area (Å²) in [7, 11) is 0. The van der Waals surface area contributed by atoms with Crippen molar-refractivity contribution in [1.29, 1.82) is 0 Å². The molecule has 2 bridgehead atoms. The topological polar surface area (TPSA) is 130 Å². The summed E-state index contributed by atoms with van der Waals surface area (Å²) in [5.74, 6) is -6.28. The molecule has 0 aromatic carbocycles. The Kier molecular flexibility index (Phi) is 2.55. The normalized spacial score (nSPS) is 39.9. The summed E-state index contributed by atoms with van der Waals surface area (Å²) in [6, 6.07) is 0. The van der Waals surface area contributed by atoms with Crippen LogP contribution in [0.3, 0.4) is 0 Å². The van der Waals surface area contributed by atoms with Crippen LogP contribution >= 0.6 is 0 Å². The maximum absolute atomic E-state index is 11.2. The van der Waals surface area contributed by atoms with Gasteiger partial charge in [0.1, 0.15) is 5.92 Å². The van der Waals surface area contributed by atoms with Crippen molar-refractivity contribution in [3.8, 4) is 0 Å². The first-order chi connectivity index (χ1) is 7.88. The molecule has 2 saturated heterocycles. The summed E-state index contributed by atoms with van der Waals surface area (Å²) < 4.78 is 9.96. The van der Waals surface area contributed by atoms with Gasteiger partial charge >= 0.3 is 17.9 Å². The number of hydrogen-bond acceptors (Lipinski definition) is 5. The number of ether oxygens (including phenoxy) is 2. The molecule has 2 aliphatic heterocycles. The highest BCUT2D eigenvalue weighted by Gasteiger charge is 2.64. The highest BCUT2D eigenvalue weighted by atomic mass is 16.7. The molecule has 4 unspecified atom stereocenters. The quantitative estimate of drug-likeness (QED) is 0.585. The van der Waals surface area contributed by atoms with Crippen molar-refractivity contribution >= 4 is 17.9 Å². The number of fused-ring (bicyclic) bond motifs is 2. The van der Waals surface area contributed by atoms with Crippen molar-refractivity contribution < 1.29 is 39.2 Å². The second-order valence-corrected chi connectivity index (χ2v) is 3.99. The second kappa shape index (κ2) is 3.67. The monoisotopic (exact) mass is 246 g/mol. The third-order valence-corrected chi connectivity index (χ3v) is 3.07. The number of rotatable bonds is 3. The standard InChI is InChI=1S/C9H10O8/c10-6(11)4-5(7(12)13)16-3-1-2-9(4,17-3)8(14)15/h3-5H,1-2H2,(H,10,11)(H,12,13)(H,14,15). The lowest BCUT2D eigenvalue weighted by atomic mass is 9.81. The summed E-state index contributed by atoms with van der Waals surface area (Å²) in [5, 5.41) is 27.0. The predicted molar refractivity (Wildman–Crippen MR) is 48.1 cm³/mol. The smallest absolute Gasteiger partial charge is 0.337 e. The Morgan fingerprint density at radius 2 is 1.76 bits per heavy atom. The van der Waals surface area contributed by atoms with Gasteiger partial charge in [-0.2, -0.15) is 0 Å². The first-order valence-corrected chi connectivity index (χ1v) is 4.91. The fourth-order valence-corrected chi connectivity index (χ4v) is 2.32. The van der Waals surface area contributed by atoms with Crippen LogP contribution in [0.5, 0.6) is 0 Å². The number of hydrogen-bond donors (Lipinski definition) is 3. The van der Waals surface area contributed by atoms with Crippen LogP contribution in [0.4, 0.5) is 0 Å². The van der Waals surface area contributed by atoms with Gasteiger partial charge in [0.2, 0.25) is 0 Å². The molecule has 0 radical (unpaired) electrons. The van der Waals surface area contributed by atoms with Crippen molar-refractivity contribution in [1.82, 2.24) is 0 Å². The zero-order chi connectivity index (χ0) is 12.8. The molecular formula is C9H10O8. The molecular weight excluding hydrogens is 236 g/mol. The molecule has 0 spiro atoms. The molecule has 2 rings (SSSR count). The van der Waals surface area contributed by atoms with E-state index in [4.69, 9.17) is 24.8 Å². The van der Waals surface area contributed by atoms with Crippen molar-refractivity contribution in [2.24, 2.45) is 5.92 Å². The molecule has 94 valence electrons. The van der Waals surface area contributed by atoms with Gasteiger partial charge in [-0.15, -0.1) is 0 Å². The van der Waals surface area contributed by atoms with Crippen molar-refractivity contribution in [3.05, 3.63) is 0 Å².